The molecule has 0 spiro atoms. The zero-order valence-electron chi connectivity index (χ0n) is 35.7. The molecule has 0 unspecified atom stereocenters. The highest BCUT2D eigenvalue weighted by Gasteiger charge is 2.27. The SMILES string of the molecule is C=C(C)C(=O)Oc1ccc2c(c1)OC(=O)C2.C=C(C)C(=O)Oc1cccc2c1C(=O)CC2.C=C(C)C(=O)Oc1cccc2c1CC(=O)C2.C=C(C)C(=O)Oc1cccc2c1OC(=O)C2. The van der Waals surface area contributed by atoms with Crippen molar-refractivity contribution in [3.63, 3.8) is 0 Å². The summed E-state index contributed by atoms with van der Waals surface area (Å²) in [5.41, 5.74) is 6.12. The van der Waals surface area contributed by atoms with Gasteiger partial charge in [-0.1, -0.05) is 68.8 Å². The molecule has 2 aliphatic heterocycles. The number of ether oxygens (including phenoxy) is 6. The third-order valence-corrected chi connectivity index (χ3v) is 9.43. The van der Waals surface area contributed by atoms with Crippen molar-refractivity contribution in [3.05, 3.63) is 155 Å². The van der Waals surface area contributed by atoms with Crippen LogP contribution in [-0.2, 0) is 65.7 Å². The monoisotopic (exact) mass is 868 g/mol. The number of ketones is 2. The average Bonchev–Trinajstić information content (AvgIpc) is 4.02. The number of para-hydroxylation sites is 1. The minimum Gasteiger partial charge on any atom is -0.426 e. The molecule has 0 fully saturated rings. The van der Waals surface area contributed by atoms with E-state index in [9.17, 15) is 38.4 Å². The molecule has 0 bridgehead atoms. The van der Waals surface area contributed by atoms with Gasteiger partial charge in [-0.05, 0) is 69.5 Å². The van der Waals surface area contributed by atoms with Crippen LogP contribution >= 0.6 is 0 Å². The second kappa shape index (κ2) is 20.7. The number of carbonyl (C=O) groups is 8. The lowest BCUT2D eigenvalue weighted by atomic mass is 10.1. The van der Waals surface area contributed by atoms with Crippen LogP contribution in [0.15, 0.2) is 121 Å². The van der Waals surface area contributed by atoms with E-state index in [1.807, 2.05) is 12.1 Å². The van der Waals surface area contributed by atoms with Gasteiger partial charge in [0.15, 0.2) is 17.3 Å². The van der Waals surface area contributed by atoms with Crippen molar-refractivity contribution < 1.29 is 66.8 Å². The Labute approximate surface area is 368 Å². The number of benzene rings is 4. The van der Waals surface area contributed by atoms with Gasteiger partial charge in [-0.3, -0.25) is 19.2 Å². The van der Waals surface area contributed by atoms with E-state index in [2.05, 4.69) is 26.3 Å². The molecule has 4 aromatic carbocycles. The van der Waals surface area contributed by atoms with Gasteiger partial charge in [0.25, 0.3) is 0 Å². The number of carbonyl (C=O) groups excluding carboxylic acids is 8. The van der Waals surface area contributed by atoms with E-state index in [1.54, 1.807) is 82.3 Å². The maximum Gasteiger partial charge on any atom is 0.338 e. The minimum absolute atomic E-state index is 0.0418. The average molecular weight is 869 g/mol. The summed E-state index contributed by atoms with van der Waals surface area (Å²) in [4.78, 5) is 90.4. The van der Waals surface area contributed by atoms with E-state index in [1.165, 1.54) is 6.07 Å². The van der Waals surface area contributed by atoms with Gasteiger partial charge >= 0.3 is 35.8 Å². The van der Waals surface area contributed by atoms with Crippen LogP contribution in [0.5, 0.6) is 34.5 Å². The highest BCUT2D eigenvalue weighted by Crippen LogP contribution is 2.36. The first-order valence-corrected chi connectivity index (χ1v) is 19.8. The fourth-order valence-corrected chi connectivity index (χ4v) is 6.22. The van der Waals surface area contributed by atoms with Crippen molar-refractivity contribution in [1.82, 2.24) is 0 Å². The molecule has 0 amide bonds. The maximum atomic E-state index is 11.6. The van der Waals surface area contributed by atoms with Gasteiger partial charge in [0.2, 0.25) is 0 Å². The van der Waals surface area contributed by atoms with E-state index in [-0.39, 0.29) is 42.1 Å². The van der Waals surface area contributed by atoms with Crippen LogP contribution in [0, 0.1) is 0 Å². The third-order valence-electron chi connectivity index (χ3n) is 9.43. The van der Waals surface area contributed by atoms with E-state index in [4.69, 9.17) is 28.4 Å². The van der Waals surface area contributed by atoms with E-state index in [0.717, 1.165) is 34.2 Å². The van der Waals surface area contributed by atoms with E-state index >= 15 is 0 Å². The summed E-state index contributed by atoms with van der Waals surface area (Å²) in [6, 6.07) is 20.6. The van der Waals surface area contributed by atoms with Gasteiger partial charge in [-0.15, -0.1) is 0 Å². The molecule has 64 heavy (non-hydrogen) atoms. The number of hydrogen-bond acceptors (Lipinski definition) is 14. The number of aryl methyl sites for hydroxylation is 1. The number of hydrogen-bond donors (Lipinski definition) is 0. The van der Waals surface area contributed by atoms with Crippen LogP contribution in [0.2, 0.25) is 0 Å². The van der Waals surface area contributed by atoms with Crippen LogP contribution < -0.4 is 28.4 Å². The number of rotatable bonds is 8. The zero-order chi connectivity index (χ0) is 46.8. The van der Waals surface area contributed by atoms with Gasteiger partial charge in [0, 0.05) is 64.3 Å². The molecule has 2 heterocycles. The molecule has 0 atom stereocenters. The van der Waals surface area contributed by atoms with Gasteiger partial charge in [-0.2, -0.15) is 0 Å². The molecular formula is C50H44O14. The van der Waals surface area contributed by atoms with Crippen molar-refractivity contribution in [3.8, 4) is 34.5 Å². The lowest BCUT2D eigenvalue weighted by Gasteiger charge is -2.08. The third kappa shape index (κ3) is 12.1. The Morgan fingerprint density at radius 2 is 1.00 bits per heavy atom. The summed E-state index contributed by atoms with van der Waals surface area (Å²) < 4.78 is 30.3. The second-order valence-electron chi connectivity index (χ2n) is 15.0. The summed E-state index contributed by atoms with van der Waals surface area (Å²) in [7, 11) is 0. The van der Waals surface area contributed by atoms with Gasteiger partial charge in [-0.25, -0.2) is 19.2 Å². The van der Waals surface area contributed by atoms with Crippen LogP contribution in [-0.4, -0.2) is 47.4 Å². The second-order valence-corrected chi connectivity index (χ2v) is 15.0. The first-order valence-electron chi connectivity index (χ1n) is 19.8. The highest BCUT2D eigenvalue weighted by atomic mass is 16.6. The fraction of sp³-hybridized carbons (Fsp3) is 0.200. The molecular weight excluding hydrogens is 825 g/mol. The summed E-state index contributed by atoms with van der Waals surface area (Å²) in [5.74, 6) is -0.163. The summed E-state index contributed by atoms with van der Waals surface area (Å²) >= 11 is 0. The molecule has 0 saturated carbocycles. The quantitative estimate of drug-likeness (QED) is 0.0967. The molecule has 0 saturated heterocycles. The molecule has 4 aliphatic rings. The Bertz CT molecular complexity index is 2590. The first kappa shape index (κ1) is 47.1. The molecule has 8 rings (SSSR count). The van der Waals surface area contributed by atoms with Crippen LogP contribution in [0.25, 0.3) is 0 Å². The maximum absolute atomic E-state index is 11.6. The predicted octanol–water partition coefficient (Wildman–Crippen LogP) is 7.39. The number of fused-ring (bicyclic) bond motifs is 4. The molecule has 0 radical (unpaired) electrons. The smallest absolute Gasteiger partial charge is 0.338 e. The summed E-state index contributed by atoms with van der Waals surface area (Å²) in [5, 5.41) is 0. The lowest BCUT2D eigenvalue weighted by Crippen LogP contribution is -2.10. The standard InChI is InChI=1S/2C13H12O3.2C12H10O4/c1-8(2)13(15)16-12-5-3-4-9-6-10(14)7-11(9)12;1-8(2)13(15)16-11-5-3-4-9-6-7-10(14)12(9)11;1-7(2)12(14)15-9-4-3-8-5-11(13)16-10(8)6-9;1-7(2)12(14)15-9-5-3-4-8-6-10(13)16-11(8)9/h2*3-5H,1,6-7H2,2H3;3-4,6H,1,5H2,2H3;3-5H,1,6H2,2H3. The van der Waals surface area contributed by atoms with E-state index < -0.39 is 23.9 Å². The Morgan fingerprint density at radius 3 is 1.62 bits per heavy atom. The van der Waals surface area contributed by atoms with Gasteiger partial charge in [0.05, 0.1) is 18.4 Å². The topological polar surface area (TPSA) is 192 Å². The molecule has 14 heteroatoms. The van der Waals surface area contributed by atoms with Crippen LogP contribution in [0.4, 0.5) is 0 Å². The molecule has 4 aromatic rings. The van der Waals surface area contributed by atoms with Crippen molar-refractivity contribution in [2.75, 3.05) is 0 Å². The lowest BCUT2D eigenvalue weighted by molar-refractivity contribution is -0.133. The van der Waals surface area contributed by atoms with Gasteiger partial charge < -0.3 is 28.4 Å². The Kier molecular flexibility index (Phi) is 15.2. The minimum atomic E-state index is -0.531. The van der Waals surface area contributed by atoms with E-state index in [0.29, 0.717) is 75.9 Å². The first-order chi connectivity index (χ1) is 30.3. The normalized spacial score (nSPS) is 13.2. The fourth-order valence-electron chi connectivity index (χ4n) is 6.22. The van der Waals surface area contributed by atoms with Crippen LogP contribution in [0.1, 0.15) is 72.3 Å². The molecule has 14 nitrogen and oxygen atoms in total. The number of Topliss-reactive ketones (excluding diaryl/α,β-unsaturated/α-hetero) is 2. The Balaban J connectivity index is 0.000000161. The highest BCUT2D eigenvalue weighted by molar-refractivity contribution is 6.04. The zero-order valence-corrected chi connectivity index (χ0v) is 35.7. The Morgan fingerprint density at radius 1 is 0.500 bits per heavy atom. The molecule has 2 aliphatic carbocycles. The summed E-state index contributed by atoms with van der Waals surface area (Å²) in [6.45, 7) is 20.3. The largest absolute Gasteiger partial charge is 0.426 e. The predicted molar refractivity (Wildman–Crippen MR) is 231 cm³/mol. The van der Waals surface area contributed by atoms with Gasteiger partial charge in [0.1, 0.15) is 28.8 Å². The van der Waals surface area contributed by atoms with Crippen molar-refractivity contribution >= 4 is 47.4 Å². The molecule has 0 aromatic heterocycles. The van der Waals surface area contributed by atoms with Crippen molar-refractivity contribution in [2.45, 2.75) is 66.2 Å². The molecule has 0 N–H and O–H groups in total. The molecule has 328 valence electrons. The summed E-state index contributed by atoms with van der Waals surface area (Å²) in [6.07, 6.45) is 2.50. The number of esters is 6. The van der Waals surface area contributed by atoms with Crippen molar-refractivity contribution in [1.29, 1.82) is 0 Å². The van der Waals surface area contributed by atoms with Crippen molar-refractivity contribution in [2.24, 2.45) is 0 Å². The van der Waals surface area contributed by atoms with Crippen LogP contribution in [0.3, 0.4) is 0 Å². The Hall–Kier alpha value is -8.00.